The maximum atomic E-state index is 10.8. The standard InChI is InChI=1S/C9H15NO3/c1-2-3-4-5-6-8(11)10-7-9(12)13/h5-6H,2-4,7H2,1H3,(H,10,11)(H,12,13). The van der Waals surface area contributed by atoms with E-state index in [2.05, 4.69) is 12.2 Å². The van der Waals surface area contributed by atoms with E-state index >= 15 is 0 Å². The Labute approximate surface area is 77.6 Å². The van der Waals surface area contributed by atoms with Crippen molar-refractivity contribution in [1.29, 1.82) is 0 Å². The van der Waals surface area contributed by atoms with Crippen molar-refractivity contribution in [1.82, 2.24) is 5.32 Å². The first-order valence-electron chi connectivity index (χ1n) is 4.33. The Morgan fingerprint density at radius 3 is 2.69 bits per heavy atom. The number of carboxylic acids is 1. The van der Waals surface area contributed by atoms with Gasteiger partial charge in [-0.15, -0.1) is 0 Å². The molecule has 4 heteroatoms. The van der Waals surface area contributed by atoms with Gasteiger partial charge in [-0.05, 0) is 12.5 Å². The van der Waals surface area contributed by atoms with E-state index < -0.39 is 5.97 Å². The van der Waals surface area contributed by atoms with Gasteiger partial charge in [0.25, 0.3) is 0 Å². The second kappa shape index (κ2) is 7.34. The van der Waals surface area contributed by atoms with E-state index in [-0.39, 0.29) is 12.5 Å². The lowest BCUT2D eigenvalue weighted by Gasteiger charge is -1.95. The second-order valence-electron chi connectivity index (χ2n) is 2.66. The van der Waals surface area contributed by atoms with E-state index in [9.17, 15) is 9.59 Å². The zero-order valence-corrected chi connectivity index (χ0v) is 7.75. The predicted molar refractivity (Wildman–Crippen MR) is 49.3 cm³/mol. The summed E-state index contributed by atoms with van der Waals surface area (Å²) in [6.45, 7) is 1.75. The minimum atomic E-state index is -1.03. The molecule has 0 rings (SSSR count). The number of carbonyl (C=O) groups is 2. The number of hydrogen-bond acceptors (Lipinski definition) is 2. The van der Waals surface area contributed by atoms with Crippen LogP contribution in [-0.4, -0.2) is 23.5 Å². The van der Waals surface area contributed by atoms with E-state index in [0.717, 1.165) is 19.3 Å². The van der Waals surface area contributed by atoms with Gasteiger partial charge in [-0.1, -0.05) is 25.8 Å². The van der Waals surface area contributed by atoms with E-state index in [0.29, 0.717) is 0 Å². The highest BCUT2D eigenvalue weighted by molar-refractivity contribution is 5.89. The Morgan fingerprint density at radius 1 is 1.46 bits per heavy atom. The lowest BCUT2D eigenvalue weighted by molar-refractivity contribution is -0.137. The molecular weight excluding hydrogens is 170 g/mol. The molecule has 0 aromatic rings. The maximum absolute atomic E-state index is 10.8. The van der Waals surface area contributed by atoms with Gasteiger partial charge in [0.15, 0.2) is 0 Å². The molecule has 2 N–H and O–H groups in total. The molecule has 74 valence electrons. The minimum absolute atomic E-state index is 0.322. The molecule has 0 aliphatic rings. The maximum Gasteiger partial charge on any atom is 0.322 e. The summed E-state index contributed by atoms with van der Waals surface area (Å²) in [6, 6.07) is 0. The van der Waals surface area contributed by atoms with Crippen molar-refractivity contribution < 1.29 is 14.7 Å². The third kappa shape index (κ3) is 8.59. The third-order valence-corrected chi connectivity index (χ3v) is 1.41. The molecular formula is C9H15NO3. The number of nitrogens with one attached hydrogen (secondary N) is 1. The molecule has 0 heterocycles. The summed E-state index contributed by atoms with van der Waals surface area (Å²) in [5, 5.41) is 10.5. The predicted octanol–water partition coefficient (Wildman–Crippen LogP) is 0.934. The molecule has 4 nitrogen and oxygen atoms in total. The van der Waals surface area contributed by atoms with Gasteiger partial charge in [-0.2, -0.15) is 0 Å². The minimum Gasteiger partial charge on any atom is -0.480 e. The van der Waals surface area contributed by atoms with E-state index in [1.54, 1.807) is 6.08 Å². The fourth-order valence-corrected chi connectivity index (χ4v) is 0.734. The summed E-state index contributed by atoms with van der Waals surface area (Å²) < 4.78 is 0. The molecule has 1 amide bonds. The Balaban J connectivity index is 3.49. The summed E-state index contributed by atoms with van der Waals surface area (Å²) in [6.07, 6.45) is 6.11. The van der Waals surface area contributed by atoms with Crippen LogP contribution in [0.5, 0.6) is 0 Å². The zero-order valence-electron chi connectivity index (χ0n) is 7.75. The van der Waals surface area contributed by atoms with E-state index in [4.69, 9.17) is 5.11 Å². The number of amides is 1. The summed E-state index contributed by atoms with van der Waals surface area (Å²) in [7, 11) is 0. The first-order chi connectivity index (χ1) is 6.16. The molecule has 0 spiro atoms. The van der Waals surface area contributed by atoms with Gasteiger partial charge in [0.2, 0.25) is 5.91 Å². The molecule has 0 aliphatic heterocycles. The highest BCUT2D eigenvalue weighted by Gasteiger charge is 1.97. The van der Waals surface area contributed by atoms with Gasteiger partial charge in [0.05, 0.1) is 0 Å². The van der Waals surface area contributed by atoms with Crippen LogP contribution >= 0.6 is 0 Å². The molecule has 0 aromatic heterocycles. The van der Waals surface area contributed by atoms with Crippen LogP contribution in [0.3, 0.4) is 0 Å². The SMILES string of the molecule is CCCCC=CC(=O)NCC(=O)O. The summed E-state index contributed by atoms with van der Waals surface area (Å²) in [5.41, 5.74) is 0. The van der Waals surface area contributed by atoms with Gasteiger partial charge in [0.1, 0.15) is 6.54 Å². The topological polar surface area (TPSA) is 66.4 Å². The molecule has 0 unspecified atom stereocenters. The Morgan fingerprint density at radius 2 is 2.15 bits per heavy atom. The number of carboxylic acid groups (broad SMARTS) is 1. The molecule has 0 radical (unpaired) electrons. The highest BCUT2D eigenvalue weighted by Crippen LogP contribution is 1.94. The van der Waals surface area contributed by atoms with Crippen LogP contribution in [0.1, 0.15) is 26.2 Å². The number of allylic oxidation sites excluding steroid dienone is 1. The molecule has 0 fully saturated rings. The molecule has 0 bridgehead atoms. The van der Waals surface area contributed by atoms with Crippen molar-refractivity contribution in [3.63, 3.8) is 0 Å². The molecule has 13 heavy (non-hydrogen) atoms. The lowest BCUT2D eigenvalue weighted by atomic mass is 10.2. The van der Waals surface area contributed by atoms with Gasteiger partial charge in [-0.25, -0.2) is 0 Å². The van der Waals surface area contributed by atoms with Crippen LogP contribution < -0.4 is 5.32 Å². The van der Waals surface area contributed by atoms with Gasteiger partial charge in [0, 0.05) is 0 Å². The number of unbranched alkanes of at least 4 members (excludes halogenated alkanes) is 2. The van der Waals surface area contributed by atoms with Crippen molar-refractivity contribution >= 4 is 11.9 Å². The van der Waals surface area contributed by atoms with Gasteiger partial charge >= 0.3 is 5.97 Å². The number of aliphatic carboxylic acids is 1. The van der Waals surface area contributed by atoms with Crippen LogP contribution in [0.2, 0.25) is 0 Å². The van der Waals surface area contributed by atoms with Gasteiger partial charge < -0.3 is 10.4 Å². The summed E-state index contributed by atoms with van der Waals surface area (Å²) in [4.78, 5) is 20.9. The van der Waals surface area contributed by atoms with Crippen LogP contribution in [0.15, 0.2) is 12.2 Å². The first-order valence-corrected chi connectivity index (χ1v) is 4.33. The molecule has 0 saturated carbocycles. The first kappa shape index (κ1) is 11.7. The smallest absolute Gasteiger partial charge is 0.322 e. The fourth-order valence-electron chi connectivity index (χ4n) is 0.734. The largest absolute Gasteiger partial charge is 0.480 e. The van der Waals surface area contributed by atoms with E-state index in [1.165, 1.54) is 6.08 Å². The fraction of sp³-hybridized carbons (Fsp3) is 0.556. The average molecular weight is 185 g/mol. The number of rotatable bonds is 6. The lowest BCUT2D eigenvalue weighted by Crippen LogP contribution is -2.27. The Bertz CT molecular complexity index is 199. The third-order valence-electron chi connectivity index (χ3n) is 1.41. The quantitative estimate of drug-likeness (QED) is 0.478. The van der Waals surface area contributed by atoms with E-state index in [1.807, 2.05) is 0 Å². The number of carbonyl (C=O) groups excluding carboxylic acids is 1. The van der Waals surface area contributed by atoms with Crippen molar-refractivity contribution in [2.45, 2.75) is 26.2 Å². The van der Waals surface area contributed by atoms with Crippen LogP contribution in [-0.2, 0) is 9.59 Å². The van der Waals surface area contributed by atoms with Gasteiger partial charge in [-0.3, -0.25) is 9.59 Å². The second-order valence-corrected chi connectivity index (χ2v) is 2.66. The van der Waals surface area contributed by atoms with Crippen molar-refractivity contribution in [3.8, 4) is 0 Å². The molecule has 0 aliphatic carbocycles. The van der Waals surface area contributed by atoms with Crippen molar-refractivity contribution in [3.05, 3.63) is 12.2 Å². The Hall–Kier alpha value is -1.32. The molecule has 0 aromatic carbocycles. The average Bonchev–Trinajstić information content (AvgIpc) is 2.09. The molecule has 0 atom stereocenters. The number of hydrogen-bond donors (Lipinski definition) is 2. The molecule has 0 saturated heterocycles. The Kier molecular flexibility index (Phi) is 6.59. The summed E-state index contributed by atoms with van der Waals surface area (Å²) in [5.74, 6) is -1.38. The zero-order chi connectivity index (χ0) is 10.1. The highest BCUT2D eigenvalue weighted by atomic mass is 16.4. The van der Waals surface area contributed by atoms with Crippen molar-refractivity contribution in [2.75, 3.05) is 6.54 Å². The van der Waals surface area contributed by atoms with Crippen molar-refractivity contribution in [2.24, 2.45) is 0 Å². The van der Waals surface area contributed by atoms with Crippen LogP contribution in [0.25, 0.3) is 0 Å². The van der Waals surface area contributed by atoms with Crippen LogP contribution in [0, 0.1) is 0 Å². The van der Waals surface area contributed by atoms with Crippen LogP contribution in [0.4, 0.5) is 0 Å². The normalized spacial score (nSPS) is 10.2. The summed E-state index contributed by atoms with van der Waals surface area (Å²) >= 11 is 0. The monoisotopic (exact) mass is 185 g/mol.